The minimum absolute atomic E-state index is 0.0363. The summed E-state index contributed by atoms with van der Waals surface area (Å²) >= 11 is 0. The van der Waals surface area contributed by atoms with Crippen LogP contribution in [-0.4, -0.2) is 62.2 Å². The number of amides is 1. The molecule has 6 nitrogen and oxygen atoms in total. The molecule has 6 heteroatoms. The molecule has 1 aliphatic heterocycles. The van der Waals surface area contributed by atoms with Crippen LogP contribution >= 0.6 is 0 Å². The zero-order chi connectivity index (χ0) is 21.3. The molecule has 5 aliphatic rings. The van der Waals surface area contributed by atoms with Gasteiger partial charge in [-0.25, -0.2) is 4.98 Å². The van der Waals surface area contributed by atoms with Crippen molar-refractivity contribution in [1.82, 2.24) is 15.2 Å². The molecule has 4 saturated carbocycles. The van der Waals surface area contributed by atoms with E-state index in [0.29, 0.717) is 12.5 Å². The molecule has 0 radical (unpaired) electrons. The Hall–Kier alpha value is -2.08. The fraction of sp³-hybridized carbons (Fsp3) is 0.680. The number of piperazine rings is 1. The molecule has 2 heterocycles. The Balaban J connectivity index is 1.04. The lowest BCUT2D eigenvalue weighted by Crippen LogP contribution is -2.53. The van der Waals surface area contributed by atoms with Crippen LogP contribution < -0.4 is 15.0 Å². The highest BCUT2D eigenvalue weighted by Crippen LogP contribution is 2.60. The van der Waals surface area contributed by atoms with Crippen LogP contribution in [-0.2, 0) is 4.79 Å². The maximum atomic E-state index is 13.0. The van der Waals surface area contributed by atoms with Crippen LogP contribution in [0.2, 0.25) is 0 Å². The van der Waals surface area contributed by atoms with Gasteiger partial charge in [-0.2, -0.15) is 0 Å². The summed E-state index contributed by atoms with van der Waals surface area (Å²) in [6.07, 6.45) is 13.7. The van der Waals surface area contributed by atoms with Crippen LogP contribution in [0.1, 0.15) is 38.5 Å². The molecule has 31 heavy (non-hydrogen) atoms. The van der Waals surface area contributed by atoms with Crippen LogP contribution in [0.5, 0.6) is 5.75 Å². The standard InChI is InChI=1S/C25H36N4O2/c1-31-22-5-4-7-26-23(22)29-11-9-28(10-12-29)8-3-2-6-27-24(30)25-16-19-13-20(17-25)15-21(14-19)18-25/h2-5,7,19-21H,6,8-18H2,1H3,(H,27,30)/b3-2+. The summed E-state index contributed by atoms with van der Waals surface area (Å²) in [6.45, 7) is 5.49. The predicted octanol–water partition coefficient (Wildman–Crippen LogP) is 3.10. The number of methoxy groups -OCH3 is 1. The fourth-order valence-corrected chi connectivity index (χ4v) is 6.96. The Kier molecular flexibility index (Phi) is 5.91. The number of ether oxygens (including phenoxy) is 1. The summed E-state index contributed by atoms with van der Waals surface area (Å²) in [5.41, 5.74) is -0.0363. The van der Waals surface area contributed by atoms with Gasteiger partial charge < -0.3 is 15.0 Å². The van der Waals surface area contributed by atoms with Gasteiger partial charge in [-0.1, -0.05) is 12.2 Å². The smallest absolute Gasteiger partial charge is 0.226 e. The Morgan fingerprint density at radius 1 is 1.13 bits per heavy atom. The lowest BCUT2D eigenvalue weighted by molar-refractivity contribution is -0.146. The fourth-order valence-electron chi connectivity index (χ4n) is 6.96. The van der Waals surface area contributed by atoms with E-state index in [2.05, 4.69) is 32.3 Å². The number of hydrogen-bond donors (Lipinski definition) is 1. The molecule has 1 aromatic rings. The van der Waals surface area contributed by atoms with E-state index in [1.165, 1.54) is 19.3 Å². The van der Waals surface area contributed by atoms with Crippen molar-refractivity contribution in [2.24, 2.45) is 23.2 Å². The van der Waals surface area contributed by atoms with Gasteiger partial charge in [0, 0.05) is 50.9 Å². The third-order valence-electron chi connectivity index (χ3n) is 8.07. The normalized spacial score (nSPS) is 32.5. The van der Waals surface area contributed by atoms with Crippen molar-refractivity contribution >= 4 is 11.7 Å². The maximum absolute atomic E-state index is 13.0. The summed E-state index contributed by atoms with van der Waals surface area (Å²) in [4.78, 5) is 22.2. The topological polar surface area (TPSA) is 57.7 Å². The van der Waals surface area contributed by atoms with Crippen LogP contribution in [0.15, 0.2) is 30.5 Å². The van der Waals surface area contributed by atoms with Crippen molar-refractivity contribution in [2.75, 3.05) is 51.3 Å². The lowest BCUT2D eigenvalue weighted by Gasteiger charge is -2.55. The van der Waals surface area contributed by atoms with E-state index in [-0.39, 0.29) is 5.41 Å². The van der Waals surface area contributed by atoms with Crippen molar-refractivity contribution in [3.8, 4) is 5.75 Å². The van der Waals surface area contributed by atoms with Gasteiger partial charge in [0.25, 0.3) is 0 Å². The molecule has 0 spiro atoms. The third kappa shape index (κ3) is 4.32. The van der Waals surface area contributed by atoms with Crippen molar-refractivity contribution in [1.29, 1.82) is 0 Å². The minimum atomic E-state index is -0.0363. The molecule has 168 valence electrons. The Labute approximate surface area is 186 Å². The van der Waals surface area contributed by atoms with Gasteiger partial charge in [-0.3, -0.25) is 9.69 Å². The highest BCUT2D eigenvalue weighted by molar-refractivity contribution is 5.83. The molecule has 1 saturated heterocycles. The van der Waals surface area contributed by atoms with E-state index >= 15 is 0 Å². The second-order valence-electron chi connectivity index (χ2n) is 10.2. The zero-order valence-corrected chi connectivity index (χ0v) is 18.8. The average Bonchev–Trinajstić information content (AvgIpc) is 2.78. The summed E-state index contributed by atoms with van der Waals surface area (Å²) in [6, 6.07) is 3.88. The van der Waals surface area contributed by atoms with Crippen LogP contribution in [0.25, 0.3) is 0 Å². The van der Waals surface area contributed by atoms with Gasteiger partial charge in [0.05, 0.1) is 7.11 Å². The van der Waals surface area contributed by atoms with Gasteiger partial charge in [-0.15, -0.1) is 0 Å². The highest BCUT2D eigenvalue weighted by atomic mass is 16.5. The summed E-state index contributed by atoms with van der Waals surface area (Å²) < 4.78 is 5.45. The maximum Gasteiger partial charge on any atom is 0.226 e. The lowest BCUT2D eigenvalue weighted by atomic mass is 9.49. The monoisotopic (exact) mass is 424 g/mol. The molecule has 4 bridgehead atoms. The number of pyridine rings is 1. The molecule has 0 unspecified atom stereocenters. The number of carbonyl (C=O) groups excluding carboxylic acids is 1. The van der Waals surface area contributed by atoms with E-state index in [1.54, 1.807) is 7.11 Å². The molecule has 1 amide bonds. The highest BCUT2D eigenvalue weighted by Gasteiger charge is 2.54. The van der Waals surface area contributed by atoms with E-state index in [4.69, 9.17) is 4.74 Å². The first kappa shape index (κ1) is 20.8. The largest absolute Gasteiger partial charge is 0.493 e. The van der Waals surface area contributed by atoms with Crippen LogP contribution in [0.3, 0.4) is 0 Å². The first-order valence-electron chi connectivity index (χ1n) is 12.0. The molecule has 0 atom stereocenters. The van der Waals surface area contributed by atoms with Crippen molar-refractivity contribution in [2.45, 2.75) is 38.5 Å². The molecule has 1 aromatic heterocycles. The Bertz CT molecular complexity index is 780. The van der Waals surface area contributed by atoms with E-state index in [0.717, 1.165) is 81.3 Å². The van der Waals surface area contributed by atoms with Gasteiger partial charge in [0.15, 0.2) is 11.6 Å². The number of aromatic nitrogens is 1. The molecule has 5 fully saturated rings. The van der Waals surface area contributed by atoms with Gasteiger partial charge >= 0.3 is 0 Å². The average molecular weight is 425 g/mol. The van der Waals surface area contributed by atoms with E-state index < -0.39 is 0 Å². The molecule has 6 rings (SSSR count). The number of anilines is 1. The van der Waals surface area contributed by atoms with Gasteiger partial charge in [-0.05, 0) is 68.4 Å². The molecule has 4 aliphatic carbocycles. The predicted molar refractivity (Wildman–Crippen MR) is 122 cm³/mol. The molecule has 0 aromatic carbocycles. The molecular formula is C25H36N4O2. The van der Waals surface area contributed by atoms with Crippen molar-refractivity contribution in [3.05, 3.63) is 30.5 Å². The molecular weight excluding hydrogens is 388 g/mol. The number of carbonyl (C=O) groups is 1. The van der Waals surface area contributed by atoms with E-state index in [9.17, 15) is 4.79 Å². The number of nitrogens with one attached hydrogen (secondary N) is 1. The van der Waals surface area contributed by atoms with Crippen molar-refractivity contribution in [3.63, 3.8) is 0 Å². The number of rotatable bonds is 7. The summed E-state index contributed by atoms with van der Waals surface area (Å²) in [5, 5.41) is 3.24. The van der Waals surface area contributed by atoms with Crippen LogP contribution in [0, 0.1) is 23.2 Å². The first-order valence-corrected chi connectivity index (χ1v) is 12.0. The van der Waals surface area contributed by atoms with Gasteiger partial charge in [0.1, 0.15) is 0 Å². The SMILES string of the molecule is COc1cccnc1N1CCN(C/C=C/CNC(=O)C23CC4CC(CC(C4)C2)C3)CC1. The summed E-state index contributed by atoms with van der Waals surface area (Å²) in [5.74, 6) is 4.55. The second kappa shape index (κ2) is 8.81. The second-order valence-corrected chi connectivity index (χ2v) is 10.2. The number of nitrogens with zero attached hydrogens (tertiary/aromatic N) is 3. The molecule has 1 N–H and O–H groups in total. The Morgan fingerprint density at radius 2 is 1.81 bits per heavy atom. The third-order valence-corrected chi connectivity index (χ3v) is 8.07. The quantitative estimate of drug-likeness (QED) is 0.682. The van der Waals surface area contributed by atoms with Crippen molar-refractivity contribution < 1.29 is 9.53 Å². The number of hydrogen-bond acceptors (Lipinski definition) is 5. The van der Waals surface area contributed by atoms with E-state index in [1.807, 2.05) is 18.3 Å². The van der Waals surface area contributed by atoms with Gasteiger partial charge in [0.2, 0.25) is 5.91 Å². The Morgan fingerprint density at radius 3 is 2.45 bits per heavy atom. The minimum Gasteiger partial charge on any atom is -0.493 e. The zero-order valence-electron chi connectivity index (χ0n) is 18.8. The summed E-state index contributed by atoms with van der Waals surface area (Å²) in [7, 11) is 1.70. The first-order chi connectivity index (χ1) is 15.1. The van der Waals surface area contributed by atoms with Crippen LogP contribution in [0.4, 0.5) is 5.82 Å².